The summed E-state index contributed by atoms with van der Waals surface area (Å²) in [7, 11) is 0. The average molecular weight is 391 g/mol. The number of fused-ring (bicyclic) bond motifs is 1. The first-order valence-corrected chi connectivity index (χ1v) is 9.32. The molecule has 0 aromatic carbocycles. The van der Waals surface area contributed by atoms with E-state index in [0.29, 0.717) is 6.54 Å². The van der Waals surface area contributed by atoms with Gasteiger partial charge in [-0.1, -0.05) is 0 Å². The minimum atomic E-state index is -4.51. The number of nitrogens with zero attached hydrogens (tertiary/aromatic N) is 4. The minimum absolute atomic E-state index is 0.115. The van der Waals surface area contributed by atoms with Gasteiger partial charge in [-0.05, 0) is 49.4 Å². The predicted octanol–water partition coefficient (Wildman–Crippen LogP) is 2.64. The number of nitrogens with one attached hydrogen (secondary N) is 1. The van der Waals surface area contributed by atoms with E-state index < -0.39 is 17.8 Å². The molecule has 1 saturated heterocycles. The van der Waals surface area contributed by atoms with Crippen LogP contribution in [0.5, 0.6) is 0 Å². The second kappa shape index (κ2) is 7.37. The van der Waals surface area contributed by atoms with Crippen molar-refractivity contribution in [3.05, 3.63) is 46.9 Å². The normalized spacial score (nSPS) is 17.0. The lowest BCUT2D eigenvalue weighted by Crippen LogP contribution is -2.52. The van der Waals surface area contributed by atoms with E-state index in [1.807, 2.05) is 0 Å². The van der Waals surface area contributed by atoms with Crippen LogP contribution < -0.4 is 10.2 Å². The Labute approximate surface area is 160 Å². The number of hydrogen-bond donors (Lipinski definition) is 1. The highest BCUT2D eigenvalue weighted by molar-refractivity contribution is 5.93. The van der Waals surface area contributed by atoms with Gasteiger partial charge in [0.2, 0.25) is 0 Å². The summed E-state index contributed by atoms with van der Waals surface area (Å²) in [5.41, 5.74) is 1.49. The van der Waals surface area contributed by atoms with Crippen molar-refractivity contribution in [2.75, 3.05) is 24.5 Å². The number of rotatable bonds is 4. The van der Waals surface area contributed by atoms with Gasteiger partial charge in [-0.25, -0.2) is 0 Å². The van der Waals surface area contributed by atoms with Crippen molar-refractivity contribution in [1.29, 1.82) is 0 Å². The fourth-order valence-electron chi connectivity index (χ4n) is 3.55. The molecule has 0 unspecified atom stereocenters. The Morgan fingerprint density at radius 3 is 2.68 bits per heavy atom. The summed E-state index contributed by atoms with van der Waals surface area (Å²) in [4.78, 5) is 17.5. The van der Waals surface area contributed by atoms with Crippen LogP contribution in [0.3, 0.4) is 0 Å². The van der Waals surface area contributed by atoms with Crippen molar-refractivity contribution in [1.82, 2.24) is 20.5 Å². The van der Waals surface area contributed by atoms with Crippen LogP contribution in [0, 0.1) is 5.92 Å². The molecule has 2 aromatic rings. The Morgan fingerprint density at radius 2 is 1.96 bits per heavy atom. The molecule has 148 valence electrons. The Hall–Kier alpha value is -2.71. The van der Waals surface area contributed by atoms with Gasteiger partial charge in [-0.2, -0.15) is 18.3 Å². The molecule has 4 rings (SSSR count). The highest BCUT2D eigenvalue weighted by Gasteiger charge is 2.32. The van der Waals surface area contributed by atoms with E-state index in [1.54, 1.807) is 0 Å². The standard InChI is InChI=1S/C19H20F3N5O/c20-19(21,22)16-6-5-14(9-23-16)18(28)24-8-12-10-27(11-12)17-7-13-3-1-2-4-15(13)25-26-17/h5-7,9,12H,1-4,8,10-11H2,(H,24,28). The maximum Gasteiger partial charge on any atom is 0.433 e. The van der Waals surface area contributed by atoms with Crippen LogP contribution in [0.2, 0.25) is 0 Å². The first-order valence-electron chi connectivity index (χ1n) is 9.32. The third kappa shape index (κ3) is 3.93. The van der Waals surface area contributed by atoms with Crippen LogP contribution in [0.4, 0.5) is 19.0 Å². The van der Waals surface area contributed by atoms with Gasteiger partial charge in [0, 0.05) is 31.7 Å². The number of carbonyl (C=O) groups excluding carboxylic acids is 1. The molecule has 28 heavy (non-hydrogen) atoms. The highest BCUT2D eigenvalue weighted by atomic mass is 19.4. The van der Waals surface area contributed by atoms with Gasteiger partial charge in [-0.15, -0.1) is 5.10 Å². The molecule has 1 fully saturated rings. The lowest BCUT2D eigenvalue weighted by molar-refractivity contribution is -0.141. The third-order valence-electron chi connectivity index (χ3n) is 5.21. The monoisotopic (exact) mass is 391 g/mol. The minimum Gasteiger partial charge on any atom is -0.354 e. The Kier molecular flexibility index (Phi) is 4.91. The summed E-state index contributed by atoms with van der Waals surface area (Å²) in [6, 6.07) is 4.07. The number of halogens is 3. The molecular weight excluding hydrogens is 371 g/mol. The van der Waals surface area contributed by atoms with Crippen LogP contribution in [0.25, 0.3) is 0 Å². The van der Waals surface area contributed by atoms with Crippen LogP contribution >= 0.6 is 0 Å². The molecule has 1 N–H and O–H groups in total. The van der Waals surface area contributed by atoms with Crippen molar-refractivity contribution in [2.45, 2.75) is 31.9 Å². The lowest BCUT2D eigenvalue weighted by atomic mass is 9.95. The van der Waals surface area contributed by atoms with E-state index in [-0.39, 0.29) is 11.5 Å². The largest absolute Gasteiger partial charge is 0.433 e. The van der Waals surface area contributed by atoms with Gasteiger partial charge in [0.15, 0.2) is 5.82 Å². The Bertz CT molecular complexity index is 863. The van der Waals surface area contributed by atoms with E-state index in [1.165, 1.54) is 18.4 Å². The van der Waals surface area contributed by atoms with Crippen molar-refractivity contribution in [3.8, 4) is 0 Å². The fraction of sp³-hybridized carbons (Fsp3) is 0.474. The van der Waals surface area contributed by atoms with E-state index >= 15 is 0 Å². The topological polar surface area (TPSA) is 71.0 Å². The number of carbonyl (C=O) groups is 1. The summed E-state index contributed by atoms with van der Waals surface area (Å²) in [6.45, 7) is 1.98. The molecule has 2 aliphatic rings. The number of aryl methyl sites for hydroxylation is 2. The summed E-state index contributed by atoms with van der Waals surface area (Å²) >= 11 is 0. The quantitative estimate of drug-likeness (QED) is 0.868. The molecule has 1 amide bonds. The Morgan fingerprint density at radius 1 is 1.18 bits per heavy atom. The number of aromatic nitrogens is 3. The molecule has 3 heterocycles. The summed E-state index contributed by atoms with van der Waals surface area (Å²) in [5, 5.41) is 11.4. The van der Waals surface area contributed by atoms with Crippen LogP contribution in [0.15, 0.2) is 24.4 Å². The molecule has 6 nitrogen and oxygen atoms in total. The molecule has 1 aliphatic heterocycles. The summed E-state index contributed by atoms with van der Waals surface area (Å²) in [6.07, 6.45) is 0.840. The second-order valence-electron chi connectivity index (χ2n) is 7.29. The van der Waals surface area contributed by atoms with Crippen LogP contribution in [-0.2, 0) is 19.0 Å². The first-order chi connectivity index (χ1) is 13.4. The fourth-order valence-corrected chi connectivity index (χ4v) is 3.55. The number of pyridine rings is 1. The van der Waals surface area contributed by atoms with Crippen molar-refractivity contribution >= 4 is 11.7 Å². The van der Waals surface area contributed by atoms with Gasteiger partial charge >= 0.3 is 6.18 Å². The zero-order valence-corrected chi connectivity index (χ0v) is 15.2. The van der Waals surface area contributed by atoms with Crippen molar-refractivity contribution in [3.63, 3.8) is 0 Å². The molecule has 0 spiro atoms. The van der Waals surface area contributed by atoms with E-state index in [4.69, 9.17) is 0 Å². The summed E-state index contributed by atoms with van der Waals surface area (Å²) < 4.78 is 37.6. The maximum absolute atomic E-state index is 12.5. The van der Waals surface area contributed by atoms with E-state index in [9.17, 15) is 18.0 Å². The van der Waals surface area contributed by atoms with E-state index in [0.717, 1.165) is 55.8 Å². The number of anilines is 1. The van der Waals surface area contributed by atoms with Gasteiger partial charge in [0.05, 0.1) is 11.3 Å². The number of amides is 1. The third-order valence-corrected chi connectivity index (χ3v) is 5.21. The van der Waals surface area contributed by atoms with Gasteiger partial charge < -0.3 is 10.2 Å². The maximum atomic E-state index is 12.5. The molecule has 9 heteroatoms. The molecule has 0 bridgehead atoms. The molecule has 1 aliphatic carbocycles. The predicted molar refractivity (Wildman–Crippen MR) is 95.9 cm³/mol. The second-order valence-corrected chi connectivity index (χ2v) is 7.29. The van der Waals surface area contributed by atoms with Gasteiger partial charge in [0.1, 0.15) is 5.69 Å². The smallest absolute Gasteiger partial charge is 0.354 e. The summed E-state index contributed by atoms with van der Waals surface area (Å²) in [5.74, 6) is 0.715. The van der Waals surface area contributed by atoms with Gasteiger partial charge in [-0.3, -0.25) is 9.78 Å². The van der Waals surface area contributed by atoms with Crippen LogP contribution in [-0.4, -0.2) is 40.7 Å². The molecule has 0 saturated carbocycles. The van der Waals surface area contributed by atoms with Crippen molar-refractivity contribution < 1.29 is 18.0 Å². The first kappa shape index (κ1) is 18.6. The average Bonchev–Trinajstić information content (AvgIpc) is 2.66. The highest BCUT2D eigenvalue weighted by Crippen LogP contribution is 2.28. The molecule has 0 atom stereocenters. The zero-order valence-electron chi connectivity index (χ0n) is 15.2. The van der Waals surface area contributed by atoms with Crippen molar-refractivity contribution in [2.24, 2.45) is 5.92 Å². The molecule has 2 aromatic heterocycles. The SMILES string of the molecule is O=C(NCC1CN(c2cc3c(nn2)CCCC3)C1)c1ccc(C(F)(F)F)nc1. The number of hydrogen-bond acceptors (Lipinski definition) is 5. The van der Waals surface area contributed by atoms with E-state index in [2.05, 4.69) is 31.5 Å². The number of alkyl halides is 3. The molecular formula is C19H20F3N5O. The lowest BCUT2D eigenvalue weighted by Gasteiger charge is -2.40. The Balaban J connectivity index is 1.26. The van der Waals surface area contributed by atoms with Crippen LogP contribution in [0.1, 0.15) is 40.2 Å². The zero-order chi connectivity index (χ0) is 19.7. The molecule has 0 radical (unpaired) electrons. The van der Waals surface area contributed by atoms with Gasteiger partial charge in [0.25, 0.3) is 5.91 Å².